The first-order valence-electron chi connectivity index (χ1n) is 4.90. The van der Waals surface area contributed by atoms with Crippen molar-refractivity contribution in [2.75, 3.05) is 0 Å². The number of aromatic nitrogens is 3. The molecule has 2 aromatic heterocycles. The summed E-state index contributed by atoms with van der Waals surface area (Å²) in [6.45, 7) is 2.47. The summed E-state index contributed by atoms with van der Waals surface area (Å²) in [6.07, 6.45) is 2.78. The number of hydrogen-bond donors (Lipinski definition) is 1. The van der Waals surface area contributed by atoms with Crippen molar-refractivity contribution in [3.8, 4) is 0 Å². The normalized spacial score (nSPS) is 10.5. The van der Waals surface area contributed by atoms with Crippen molar-refractivity contribution in [1.29, 1.82) is 0 Å². The van der Waals surface area contributed by atoms with Gasteiger partial charge in [-0.2, -0.15) is 0 Å². The topological polar surface area (TPSA) is 67.8 Å². The number of amides is 1. The Morgan fingerprint density at radius 1 is 1.47 bits per heavy atom. The van der Waals surface area contributed by atoms with E-state index in [1.807, 2.05) is 6.20 Å². The summed E-state index contributed by atoms with van der Waals surface area (Å²) in [5.74, 6) is -0.275. The second kappa shape index (κ2) is 5.52. The summed E-state index contributed by atoms with van der Waals surface area (Å²) >= 11 is 8.24. The van der Waals surface area contributed by atoms with E-state index < -0.39 is 0 Å². The lowest BCUT2D eigenvalue weighted by Gasteiger charge is -1.98. The van der Waals surface area contributed by atoms with E-state index in [1.165, 1.54) is 4.88 Å². The Hall–Kier alpha value is -1.05. The Kier molecular flexibility index (Phi) is 4.03. The summed E-state index contributed by atoms with van der Waals surface area (Å²) in [5, 5.41) is 11.1. The molecule has 1 N–H and O–H groups in total. The zero-order chi connectivity index (χ0) is 12.3. The molecule has 2 heterocycles. The van der Waals surface area contributed by atoms with Crippen LogP contribution < -0.4 is 5.32 Å². The Balaban J connectivity index is 1.92. The molecule has 17 heavy (non-hydrogen) atoms. The van der Waals surface area contributed by atoms with Crippen LogP contribution in [-0.4, -0.2) is 21.1 Å². The van der Waals surface area contributed by atoms with Gasteiger partial charge in [-0.3, -0.25) is 4.79 Å². The molecule has 8 heteroatoms. The summed E-state index contributed by atoms with van der Waals surface area (Å²) in [7, 11) is 0. The Morgan fingerprint density at radius 2 is 2.29 bits per heavy atom. The van der Waals surface area contributed by atoms with Crippen molar-refractivity contribution in [3.05, 3.63) is 25.6 Å². The van der Waals surface area contributed by atoms with Crippen molar-refractivity contribution < 1.29 is 4.79 Å². The minimum atomic E-state index is -0.275. The summed E-state index contributed by atoms with van der Waals surface area (Å²) in [6, 6.07) is 0. The highest BCUT2D eigenvalue weighted by atomic mass is 35.5. The van der Waals surface area contributed by atoms with Crippen LogP contribution in [0.2, 0.25) is 4.47 Å². The van der Waals surface area contributed by atoms with Gasteiger partial charge in [-0.25, -0.2) is 4.98 Å². The molecule has 0 atom stereocenters. The number of aryl methyl sites for hydroxylation is 1. The van der Waals surface area contributed by atoms with Gasteiger partial charge in [0.05, 0.1) is 6.54 Å². The molecule has 5 nitrogen and oxygen atoms in total. The molecule has 1 amide bonds. The Labute approximate surface area is 111 Å². The van der Waals surface area contributed by atoms with Gasteiger partial charge in [-0.15, -0.1) is 21.5 Å². The maximum Gasteiger partial charge on any atom is 0.282 e. The predicted octanol–water partition coefficient (Wildman–Crippen LogP) is 2.14. The molecule has 0 spiro atoms. The van der Waals surface area contributed by atoms with Crippen molar-refractivity contribution in [3.63, 3.8) is 0 Å². The van der Waals surface area contributed by atoms with E-state index in [-0.39, 0.29) is 15.4 Å². The minimum Gasteiger partial charge on any atom is -0.343 e. The third-order valence-corrected chi connectivity index (χ3v) is 4.10. The molecule has 2 rings (SSSR count). The molecule has 0 aliphatic heterocycles. The monoisotopic (exact) mass is 288 g/mol. The van der Waals surface area contributed by atoms with Gasteiger partial charge < -0.3 is 5.32 Å². The van der Waals surface area contributed by atoms with Crippen LogP contribution in [0.4, 0.5) is 0 Å². The van der Waals surface area contributed by atoms with Gasteiger partial charge in [-0.05, 0) is 18.0 Å². The highest BCUT2D eigenvalue weighted by Crippen LogP contribution is 2.15. The predicted molar refractivity (Wildman–Crippen MR) is 67.6 cm³/mol. The van der Waals surface area contributed by atoms with Crippen molar-refractivity contribution in [2.45, 2.75) is 19.9 Å². The number of carbonyl (C=O) groups is 1. The van der Waals surface area contributed by atoms with E-state index in [0.29, 0.717) is 6.54 Å². The summed E-state index contributed by atoms with van der Waals surface area (Å²) < 4.78 is 0.262. The van der Waals surface area contributed by atoms with Gasteiger partial charge >= 0.3 is 0 Å². The van der Waals surface area contributed by atoms with Crippen LogP contribution >= 0.6 is 34.3 Å². The van der Waals surface area contributed by atoms with Gasteiger partial charge in [0.1, 0.15) is 5.01 Å². The molecule has 0 saturated heterocycles. The minimum absolute atomic E-state index is 0.262. The zero-order valence-corrected chi connectivity index (χ0v) is 11.3. The SMILES string of the molecule is CCc1cnc(CNC(=O)c2nnc(Cl)s2)s1. The standard InChI is InChI=1S/C9H9ClN4OS2/c1-2-5-3-11-6(16-5)4-12-7(15)8-13-14-9(10)17-8/h3H,2,4H2,1H3,(H,12,15). The molecule has 0 unspecified atom stereocenters. The number of nitrogens with zero attached hydrogens (tertiary/aromatic N) is 3. The van der Waals surface area contributed by atoms with Gasteiger partial charge in [0.2, 0.25) is 9.47 Å². The fourth-order valence-electron chi connectivity index (χ4n) is 1.12. The van der Waals surface area contributed by atoms with Crippen LogP contribution in [0.15, 0.2) is 6.20 Å². The van der Waals surface area contributed by atoms with Crippen molar-refractivity contribution >= 4 is 40.2 Å². The third-order valence-electron chi connectivity index (χ3n) is 1.94. The number of halogens is 1. The van der Waals surface area contributed by atoms with Gasteiger partial charge in [-0.1, -0.05) is 18.3 Å². The molecule has 0 aliphatic carbocycles. The first-order valence-corrected chi connectivity index (χ1v) is 6.91. The van der Waals surface area contributed by atoms with Crippen LogP contribution in [0.1, 0.15) is 26.6 Å². The lowest BCUT2D eigenvalue weighted by molar-refractivity contribution is 0.0950. The Bertz CT molecular complexity index is 525. The third kappa shape index (κ3) is 3.21. The van der Waals surface area contributed by atoms with Crippen molar-refractivity contribution in [1.82, 2.24) is 20.5 Å². The van der Waals surface area contributed by atoms with Gasteiger partial charge in [0.25, 0.3) is 5.91 Å². The Morgan fingerprint density at radius 3 is 2.88 bits per heavy atom. The molecule has 0 aromatic carbocycles. The van der Waals surface area contributed by atoms with Crippen LogP contribution in [0.3, 0.4) is 0 Å². The molecule has 0 radical (unpaired) electrons. The highest BCUT2D eigenvalue weighted by Gasteiger charge is 2.12. The molecular weight excluding hydrogens is 280 g/mol. The van der Waals surface area contributed by atoms with Crippen molar-refractivity contribution in [2.24, 2.45) is 0 Å². The number of carbonyl (C=O) groups excluding carboxylic acids is 1. The number of rotatable bonds is 4. The molecule has 0 bridgehead atoms. The quantitative estimate of drug-likeness (QED) is 0.936. The number of thiazole rings is 1. The first-order chi connectivity index (χ1) is 8.19. The van der Waals surface area contributed by atoms with Crippen LogP contribution in [0.25, 0.3) is 0 Å². The molecule has 0 fully saturated rings. The van der Waals surface area contributed by atoms with E-state index in [4.69, 9.17) is 11.6 Å². The highest BCUT2D eigenvalue weighted by molar-refractivity contribution is 7.17. The molecule has 90 valence electrons. The molecule has 0 aliphatic rings. The van der Waals surface area contributed by atoms with Crippen LogP contribution in [0.5, 0.6) is 0 Å². The van der Waals surface area contributed by atoms with Crippen LogP contribution in [-0.2, 0) is 13.0 Å². The maximum atomic E-state index is 11.6. The van der Waals surface area contributed by atoms with E-state index in [9.17, 15) is 4.79 Å². The first kappa shape index (κ1) is 12.4. The lowest BCUT2D eigenvalue weighted by atomic mass is 10.4. The smallest absolute Gasteiger partial charge is 0.282 e. The molecule has 2 aromatic rings. The average molecular weight is 289 g/mol. The lowest BCUT2D eigenvalue weighted by Crippen LogP contribution is -2.22. The number of nitrogens with one attached hydrogen (secondary N) is 1. The summed E-state index contributed by atoms with van der Waals surface area (Å²) in [5.41, 5.74) is 0. The van der Waals surface area contributed by atoms with E-state index >= 15 is 0 Å². The molecule has 0 saturated carbocycles. The van der Waals surface area contributed by atoms with Gasteiger partial charge in [0, 0.05) is 11.1 Å². The van der Waals surface area contributed by atoms with Crippen LogP contribution in [0, 0.1) is 0 Å². The fraction of sp³-hybridized carbons (Fsp3) is 0.333. The summed E-state index contributed by atoms with van der Waals surface area (Å²) in [4.78, 5) is 17.0. The number of hydrogen-bond acceptors (Lipinski definition) is 6. The van der Waals surface area contributed by atoms with E-state index in [2.05, 4.69) is 27.4 Å². The van der Waals surface area contributed by atoms with E-state index in [1.54, 1.807) is 11.3 Å². The maximum absolute atomic E-state index is 11.6. The zero-order valence-electron chi connectivity index (χ0n) is 8.94. The second-order valence-corrected chi connectivity index (χ2v) is 5.88. The molecular formula is C9H9ClN4OS2. The fourth-order valence-corrected chi connectivity index (χ4v) is 2.67. The van der Waals surface area contributed by atoms with Gasteiger partial charge in [0.15, 0.2) is 0 Å². The second-order valence-electron chi connectivity index (χ2n) is 3.12. The largest absolute Gasteiger partial charge is 0.343 e. The average Bonchev–Trinajstić information content (AvgIpc) is 2.94. The van der Waals surface area contributed by atoms with E-state index in [0.717, 1.165) is 22.8 Å².